The molecule has 1 aromatic rings. The minimum Gasteiger partial charge on any atom is -0.395 e. The average molecular weight is 363 g/mol. The second-order valence-electron chi connectivity index (χ2n) is 7.46. The molecule has 0 saturated heterocycles. The maximum absolute atomic E-state index is 14.7. The van der Waals surface area contributed by atoms with E-state index in [4.69, 9.17) is 5.11 Å². The summed E-state index contributed by atoms with van der Waals surface area (Å²) in [7, 11) is 0. The first kappa shape index (κ1) is 19.0. The molecular weight excluding hydrogens is 333 g/mol. The third-order valence-corrected chi connectivity index (χ3v) is 5.43. The van der Waals surface area contributed by atoms with Crippen LogP contribution in [0.4, 0.5) is 15.8 Å². The zero-order chi connectivity index (χ0) is 18.4. The number of carbonyl (C=O) groups is 1. The quantitative estimate of drug-likeness (QED) is 0.597. The van der Waals surface area contributed by atoms with Crippen molar-refractivity contribution in [2.45, 2.75) is 69.9 Å². The standard InChI is InChI=1S/C20H30FN3O2/c21-17-12-16(20(26)22-10-11-25)18(23-14-8-4-5-9-14)13-19(17)24-15-6-2-1-3-7-15/h12-15,23-25H,1-11H2,(H,22,26). The molecule has 4 N–H and O–H groups in total. The van der Waals surface area contributed by atoms with Crippen LogP contribution in [0.2, 0.25) is 0 Å². The van der Waals surface area contributed by atoms with Gasteiger partial charge in [-0.2, -0.15) is 0 Å². The van der Waals surface area contributed by atoms with E-state index in [2.05, 4.69) is 16.0 Å². The van der Waals surface area contributed by atoms with Crippen molar-refractivity contribution in [1.29, 1.82) is 0 Å². The van der Waals surface area contributed by atoms with Crippen LogP contribution in [0.25, 0.3) is 0 Å². The van der Waals surface area contributed by atoms with Crippen molar-refractivity contribution >= 4 is 17.3 Å². The number of rotatable bonds is 7. The lowest BCUT2D eigenvalue weighted by atomic mass is 9.95. The Labute approximate surface area is 154 Å². The molecular formula is C20H30FN3O2. The Balaban J connectivity index is 1.82. The highest BCUT2D eigenvalue weighted by atomic mass is 19.1. The van der Waals surface area contributed by atoms with Crippen molar-refractivity contribution in [1.82, 2.24) is 5.32 Å². The molecule has 6 heteroatoms. The minimum atomic E-state index is -0.401. The third kappa shape index (κ3) is 4.87. The lowest BCUT2D eigenvalue weighted by Crippen LogP contribution is -2.29. The number of aliphatic hydroxyl groups excluding tert-OH is 1. The second-order valence-corrected chi connectivity index (χ2v) is 7.46. The van der Waals surface area contributed by atoms with Gasteiger partial charge in [0.2, 0.25) is 0 Å². The number of amides is 1. The van der Waals surface area contributed by atoms with E-state index in [1.807, 2.05) is 0 Å². The number of benzene rings is 1. The van der Waals surface area contributed by atoms with Gasteiger partial charge in [-0.05, 0) is 37.8 Å². The number of halogens is 1. The fourth-order valence-corrected chi connectivity index (χ4v) is 4.01. The maximum atomic E-state index is 14.7. The Kier molecular flexibility index (Phi) is 6.72. The van der Waals surface area contributed by atoms with Crippen LogP contribution in [0.1, 0.15) is 68.1 Å². The van der Waals surface area contributed by atoms with Crippen LogP contribution in [0.5, 0.6) is 0 Å². The monoisotopic (exact) mass is 363 g/mol. The number of anilines is 2. The molecule has 1 amide bonds. The Morgan fingerprint density at radius 3 is 2.15 bits per heavy atom. The highest BCUT2D eigenvalue weighted by molar-refractivity contribution is 6.00. The van der Waals surface area contributed by atoms with Crippen molar-refractivity contribution in [3.63, 3.8) is 0 Å². The van der Waals surface area contributed by atoms with Gasteiger partial charge in [0.15, 0.2) is 0 Å². The molecule has 3 rings (SSSR count). The van der Waals surface area contributed by atoms with Gasteiger partial charge in [0.05, 0.1) is 17.9 Å². The Hall–Kier alpha value is -1.82. The fourth-order valence-electron chi connectivity index (χ4n) is 4.01. The van der Waals surface area contributed by atoms with Crippen LogP contribution in [0.3, 0.4) is 0 Å². The molecule has 0 radical (unpaired) electrons. The predicted molar refractivity (Wildman–Crippen MR) is 102 cm³/mol. The number of aliphatic hydroxyl groups is 1. The van der Waals surface area contributed by atoms with Crippen LogP contribution in [0, 0.1) is 5.82 Å². The van der Waals surface area contributed by atoms with Crippen molar-refractivity contribution in [3.05, 3.63) is 23.5 Å². The summed E-state index contributed by atoms with van der Waals surface area (Å²) in [5, 5.41) is 18.3. The molecule has 0 unspecified atom stereocenters. The normalized spacial score (nSPS) is 18.7. The average Bonchev–Trinajstić information content (AvgIpc) is 3.16. The van der Waals surface area contributed by atoms with E-state index in [0.717, 1.165) is 25.7 Å². The maximum Gasteiger partial charge on any atom is 0.253 e. The zero-order valence-electron chi connectivity index (χ0n) is 15.3. The first-order valence-corrected chi connectivity index (χ1v) is 9.93. The smallest absolute Gasteiger partial charge is 0.253 e. The van der Waals surface area contributed by atoms with Gasteiger partial charge in [-0.25, -0.2) is 4.39 Å². The lowest BCUT2D eigenvalue weighted by Gasteiger charge is -2.25. The van der Waals surface area contributed by atoms with Gasteiger partial charge in [-0.3, -0.25) is 4.79 Å². The largest absolute Gasteiger partial charge is 0.395 e. The number of nitrogens with one attached hydrogen (secondary N) is 3. The van der Waals surface area contributed by atoms with Crippen molar-refractivity contribution < 1.29 is 14.3 Å². The number of carbonyl (C=O) groups excluding carboxylic acids is 1. The van der Waals surface area contributed by atoms with Crippen LogP contribution in [-0.2, 0) is 0 Å². The molecule has 1 aromatic carbocycles. The van der Waals surface area contributed by atoms with E-state index in [-0.39, 0.29) is 19.1 Å². The molecule has 0 atom stereocenters. The molecule has 2 aliphatic rings. The zero-order valence-corrected chi connectivity index (χ0v) is 15.3. The predicted octanol–water partition coefficient (Wildman–Crippen LogP) is 3.65. The molecule has 2 fully saturated rings. The molecule has 0 aliphatic heterocycles. The summed E-state index contributed by atoms with van der Waals surface area (Å²) in [6, 6.07) is 3.68. The lowest BCUT2D eigenvalue weighted by molar-refractivity contribution is 0.0945. The van der Waals surface area contributed by atoms with E-state index in [0.29, 0.717) is 29.0 Å². The fraction of sp³-hybridized carbons (Fsp3) is 0.650. The van der Waals surface area contributed by atoms with Crippen LogP contribution in [-0.4, -0.2) is 36.2 Å². The first-order chi connectivity index (χ1) is 12.7. The molecule has 144 valence electrons. The summed E-state index contributed by atoms with van der Waals surface area (Å²) in [4.78, 5) is 12.4. The van der Waals surface area contributed by atoms with E-state index in [1.54, 1.807) is 6.07 Å². The molecule has 2 saturated carbocycles. The highest BCUT2D eigenvalue weighted by Gasteiger charge is 2.22. The first-order valence-electron chi connectivity index (χ1n) is 9.93. The molecule has 0 aromatic heterocycles. The van der Waals surface area contributed by atoms with Gasteiger partial charge in [0.1, 0.15) is 5.82 Å². The third-order valence-electron chi connectivity index (χ3n) is 5.43. The highest BCUT2D eigenvalue weighted by Crippen LogP contribution is 2.30. The van der Waals surface area contributed by atoms with Gasteiger partial charge in [0.25, 0.3) is 5.91 Å². The van der Waals surface area contributed by atoms with E-state index < -0.39 is 5.82 Å². The molecule has 0 bridgehead atoms. The molecule has 2 aliphatic carbocycles. The van der Waals surface area contributed by atoms with Crippen molar-refractivity contribution in [2.24, 2.45) is 0 Å². The topological polar surface area (TPSA) is 73.4 Å². The number of hydrogen-bond acceptors (Lipinski definition) is 4. The Morgan fingerprint density at radius 2 is 1.54 bits per heavy atom. The van der Waals surface area contributed by atoms with Crippen molar-refractivity contribution in [2.75, 3.05) is 23.8 Å². The summed E-state index contributed by atoms with van der Waals surface area (Å²) < 4.78 is 14.7. The van der Waals surface area contributed by atoms with E-state index in [1.165, 1.54) is 38.2 Å². The molecule has 0 heterocycles. The molecule has 26 heavy (non-hydrogen) atoms. The number of hydrogen-bond donors (Lipinski definition) is 4. The second kappa shape index (κ2) is 9.21. The van der Waals surface area contributed by atoms with Crippen LogP contribution >= 0.6 is 0 Å². The van der Waals surface area contributed by atoms with Crippen molar-refractivity contribution in [3.8, 4) is 0 Å². The van der Waals surface area contributed by atoms with Gasteiger partial charge in [0, 0.05) is 24.3 Å². The van der Waals surface area contributed by atoms with E-state index in [9.17, 15) is 9.18 Å². The molecule has 5 nitrogen and oxygen atoms in total. The van der Waals surface area contributed by atoms with Gasteiger partial charge in [-0.1, -0.05) is 32.1 Å². The van der Waals surface area contributed by atoms with E-state index >= 15 is 0 Å². The van der Waals surface area contributed by atoms with Crippen LogP contribution in [0.15, 0.2) is 12.1 Å². The van der Waals surface area contributed by atoms with Gasteiger partial charge >= 0.3 is 0 Å². The summed E-state index contributed by atoms with van der Waals surface area (Å²) in [6.45, 7) is 0.0202. The Morgan fingerprint density at radius 1 is 0.962 bits per heavy atom. The SMILES string of the molecule is O=C(NCCO)c1cc(F)c(NC2CCCCC2)cc1NC1CCCC1. The van der Waals surface area contributed by atoms with Crippen LogP contribution < -0.4 is 16.0 Å². The summed E-state index contributed by atoms with van der Waals surface area (Å²) in [5.41, 5.74) is 1.44. The molecule has 0 spiro atoms. The summed E-state index contributed by atoms with van der Waals surface area (Å²) >= 11 is 0. The summed E-state index contributed by atoms with van der Waals surface area (Å²) in [5.74, 6) is -0.760. The Bertz CT molecular complexity index is 611. The van der Waals surface area contributed by atoms with Gasteiger partial charge in [-0.15, -0.1) is 0 Å². The minimum absolute atomic E-state index is 0.138. The van der Waals surface area contributed by atoms with Gasteiger partial charge < -0.3 is 21.1 Å². The summed E-state index contributed by atoms with van der Waals surface area (Å²) in [6.07, 6.45) is 10.2.